The highest BCUT2D eigenvalue weighted by molar-refractivity contribution is 8.05. The second-order valence-electron chi connectivity index (χ2n) is 19.1. The van der Waals surface area contributed by atoms with Gasteiger partial charge in [-0.25, -0.2) is 0 Å². The Morgan fingerprint density at radius 1 is 0.328 bits per heavy atom. The van der Waals surface area contributed by atoms with Crippen molar-refractivity contribution in [2.45, 2.75) is 63.5 Å². The van der Waals surface area contributed by atoms with E-state index < -0.39 is 5.41 Å². The van der Waals surface area contributed by atoms with Crippen LogP contribution in [0.5, 0.6) is 0 Å². The first kappa shape index (κ1) is 36.9. The topological polar surface area (TPSA) is 3.24 Å². The number of rotatable bonds is 3. The molecule has 14 rings (SSSR count). The molecular weight excluding hydrogens is 811 g/mol. The van der Waals surface area contributed by atoms with E-state index in [4.69, 9.17) is 0 Å². The molecule has 0 saturated heterocycles. The first-order valence-corrected chi connectivity index (χ1v) is 24.1. The Morgan fingerprint density at radius 2 is 0.781 bits per heavy atom. The van der Waals surface area contributed by atoms with Crippen molar-refractivity contribution in [2.75, 3.05) is 4.90 Å². The molecule has 0 N–H and O–H groups in total. The molecule has 0 radical (unpaired) electrons. The Hall–Kier alpha value is -6.52. The molecule has 4 aliphatic carbocycles. The predicted octanol–water partition coefficient (Wildman–Crippen LogP) is 16.7. The molecule has 1 unspecified atom stereocenters. The summed E-state index contributed by atoms with van der Waals surface area (Å²) in [5.41, 5.74) is 24.4. The minimum absolute atomic E-state index is 0.141. The van der Waals surface area contributed by atoms with Crippen LogP contribution in [0, 0.1) is 0 Å². The third-order valence-electron chi connectivity index (χ3n) is 15.3. The molecule has 1 atom stereocenters. The number of hydrogen-bond acceptors (Lipinski definition) is 3. The molecule has 1 nitrogen and oxygen atoms in total. The molecular formula is C61H43NS2. The van der Waals surface area contributed by atoms with E-state index in [0.717, 1.165) is 0 Å². The van der Waals surface area contributed by atoms with Gasteiger partial charge in [0.1, 0.15) is 0 Å². The van der Waals surface area contributed by atoms with Gasteiger partial charge in [0.05, 0.1) is 11.1 Å². The molecule has 0 fully saturated rings. The molecule has 1 heterocycles. The van der Waals surface area contributed by atoms with Crippen molar-refractivity contribution in [2.24, 2.45) is 0 Å². The van der Waals surface area contributed by atoms with Gasteiger partial charge in [-0.15, -0.1) is 0 Å². The van der Waals surface area contributed by atoms with Crippen LogP contribution >= 0.6 is 23.5 Å². The lowest BCUT2D eigenvalue weighted by atomic mass is 9.70. The van der Waals surface area contributed by atoms with Gasteiger partial charge in [0.15, 0.2) is 0 Å². The molecule has 64 heavy (non-hydrogen) atoms. The minimum atomic E-state index is -0.486. The highest BCUT2D eigenvalue weighted by atomic mass is 32.2. The van der Waals surface area contributed by atoms with E-state index in [0.29, 0.717) is 0 Å². The van der Waals surface area contributed by atoms with Crippen LogP contribution < -0.4 is 4.90 Å². The Bertz CT molecular complexity index is 3430. The first-order chi connectivity index (χ1) is 31.3. The highest BCUT2D eigenvalue weighted by Crippen LogP contribution is 2.68. The zero-order valence-electron chi connectivity index (χ0n) is 36.2. The smallest absolute Gasteiger partial charge is 0.0726 e. The van der Waals surface area contributed by atoms with E-state index in [1.165, 1.54) is 126 Å². The fraction of sp³-hybridized carbons (Fsp3) is 0.115. The standard InChI is InChI=1S/C61H43NS2/c1-59(2)44-20-9-5-16-38(44)40-30-28-36(34-50(40)59)62(37-29-31-41-39-17-6-10-21-45(39)60(3,4)51(41)35-37)52-25-15-24-48-56(52)42-18-7-11-22-46(42)61(48)47-23-12-8-19-43(47)57-49(61)32-33-55-58(57)64-54-27-14-13-26-53(54)63-55/h5-35H,1-4H3. The van der Waals surface area contributed by atoms with Crippen LogP contribution in [0.25, 0.3) is 44.5 Å². The lowest BCUT2D eigenvalue weighted by Gasteiger charge is -2.33. The SMILES string of the molecule is CC1(C)c2ccccc2-c2ccc(N(c3ccc4c(c3)C(C)(C)c3ccccc3-4)c3cccc4c3-c3ccccc3C43c4ccccc4-c4c3ccc3c4Sc4ccccc4S3)cc21. The van der Waals surface area contributed by atoms with Gasteiger partial charge in [-0.3, -0.25) is 0 Å². The van der Waals surface area contributed by atoms with Gasteiger partial charge in [-0.1, -0.05) is 191 Å². The molecule has 0 bridgehead atoms. The second-order valence-corrected chi connectivity index (χ2v) is 21.3. The van der Waals surface area contributed by atoms with Gasteiger partial charge in [0, 0.05) is 52.9 Å². The summed E-state index contributed by atoms with van der Waals surface area (Å²) in [5.74, 6) is 0. The van der Waals surface area contributed by atoms with Gasteiger partial charge in [-0.05, 0) is 126 Å². The van der Waals surface area contributed by atoms with E-state index in [-0.39, 0.29) is 10.8 Å². The van der Waals surface area contributed by atoms with Gasteiger partial charge < -0.3 is 4.90 Å². The van der Waals surface area contributed by atoms with Gasteiger partial charge >= 0.3 is 0 Å². The van der Waals surface area contributed by atoms with Crippen LogP contribution in [0.3, 0.4) is 0 Å². The van der Waals surface area contributed by atoms with Crippen LogP contribution in [0.4, 0.5) is 17.1 Å². The van der Waals surface area contributed by atoms with Crippen LogP contribution in [-0.2, 0) is 16.2 Å². The maximum absolute atomic E-state index is 2.59. The Morgan fingerprint density at radius 3 is 1.38 bits per heavy atom. The monoisotopic (exact) mass is 853 g/mol. The summed E-state index contributed by atoms with van der Waals surface area (Å²) in [5, 5.41) is 0. The Balaban J connectivity index is 1.04. The van der Waals surface area contributed by atoms with Crippen LogP contribution in [0.1, 0.15) is 72.2 Å². The third-order valence-corrected chi connectivity index (χ3v) is 17.9. The predicted molar refractivity (Wildman–Crippen MR) is 267 cm³/mol. The number of benzene rings is 9. The Kier molecular flexibility index (Phi) is 7.39. The fourth-order valence-corrected chi connectivity index (χ4v) is 14.9. The molecule has 0 amide bonds. The van der Waals surface area contributed by atoms with Crippen LogP contribution in [0.15, 0.2) is 208 Å². The lowest BCUT2D eigenvalue weighted by Crippen LogP contribution is -2.26. The number of fused-ring (bicyclic) bond motifs is 19. The Labute approximate surface area is 383 Å². The summed E-state index contributed by atoms with van der Waals surface area (Å²) in [6.07, 6.45) is 0. The molecule has 9 aromatic rings. The third kappa shape index (κ3) is 4.59. The largest absolute Gasteiger partial charge is 0.310 e. The summed E-state index contributed by atoms with van der Waals surface area (Å²) < 4.78 is 0. The zero-order chi connectivity index (χ0) is 42.7. The molecule has 0 aromatic heterocycles. The lowest BCUT2D eigenvalue weighted by molar-refractivity contribution is 0.660. The van der Waals surface area contributed by atoms with Crippen molar-refractivity contribution in [3.63, 3.8) is 0 Å². The van der Waals surface area contributed by atoms with Crippen molar-refractivity contribution in [1.82, 2.24) is 0 Å². The molecule has 304 valence electrons. The van der Waals surface area contributed by atoms with Gasteiger partial charge in [-0.2, -0.15) is 0 Å². The van der Waals surface area contributed by atoms with Crippen molar-refractivity contribution in [3.8, 4) is 44.5 Å². The average molecular weight is 854 g/mol. The number of anilines is 3. The van der Waals surface area contributed by atoms with Gasteiger partial charge in [0.2, 0.25) is 0 Å². The summed E-state index contributed by atoms with van der Waals surface area (Å²) in [6, 6.07) is 71.9. The van der Waals surface area contributed by atoms with E-state index in [2.05, 4.69) is 221 Å². The molecule has 0 saturated carbocycles. The number of hydrogen-bond donors (Lipinski definition) is 0. The molecule has 5 aliphatic rings. The summed E-state index contributed by atoms with van der Waals surface area (Å²) >= 11 is 3.85. The normalized spacial score (nSPS) is 17.6. The van der Waals surface area contributed by atoms with E-state index >= 15 is 0 Å². The maximum Gasteiger partial charge on any atom is 0.0726 e. The second kappa shape index (κ2) is 12.8. The molecule has 3 heteroatoms. The average Bonchev–Trinajstić information content (AvgIpc) is 3.96. The quantitative estimate of drug-likeness (QED) is 0.174. The van der Waals surface area contributed by atoms with Crippen molar-refractivity contribution >= 4 is 40.6 Å². The first-order valence-electron chi connectivity index (χ1n) is 22.5. The van der Waals surface area contributed by atoms with Crippen molar-refractivity contribution in [3.05, 3.63) is 233 Å². The van der Waals surface area contributed by atoms with Crippen LogP contribution in [-0.4, -0.2) is 0 Å². The van der Waals surface area contributed by atoms with Crippen molar-refractivity contribution in [1.29, 1.82) is 0 Å². The van der Waals surface area contributed by atoms with Crippen molar-refractivity contribution < 1.29 is 0 Å². The number of nitrogens with zero attached hydrogens (tertiary/aromatic N) is 1. The summed E-state index contributed by atoms with van der Waals surface area (Å²) in [6.45, 7) is 9.57. The van der Waals surface area contributed by atoms with Gasteiger partial charge in [0.25, 0.3) is 0 Å². The molecule has 1 aliphatic heterocycles. The summed E-state index contributed by atoms with van der Waals surface area (Å²) in [7, 11) is 0. The highest BCUT2D eigenvalue weighted by Gasteiger charge is 2.53. The zero-order valence-corrected chi connectivity index (χ0v) is 37.8. The van der Waals surface area contributed by atoms with E-state index in [9.17, 15) is 0 Å². The maximum atomic E-state index is 2.59. The fourth-order valence-electron chi connectivity index (χ4n) is 12.5. The van der Waals surface area contributed by atoms with E-state index in [1.54, 1.807) is 0 Å². The molecule has 9 aromatic carbocycles. The molecule has 1 spiro atoms. The van der Waals surface area contributed by atoms with Crippen LogP contribution in [0.2, 0.25) is 0 Å². The summed E-state index contributed by atoms with van der Waals surface area (Å²) in [4.78, 5) is 7.96. The minimum Gasteiger partial charge on any atom is -0.310 e. The van der Waals surface area contributed by atoms with E-state index in [1.807, 2.05) is 23.5 Å².